The molecule has 0 atom stereocenters. The van der Waals surface area contributed by atoms with Crippen LogP contribution in [0.25, 0.3) is 0 Å². The number of likely N-dealkylation sites (N-methyl/N-ethyl adjacent to an activating group) is 1. The van der Waals surface area contributed by atoms with E-state index in [2.05, 4.69) is 32.1 Å². The molecule has 2 fully saturated rings. The zero-order chi connectivity index (χ0) is 17.0. The quantitative estimate of drug-likeness (QED) is 0.887. The van der Waals surface area contributed by atoms with Gasteiger partial charge in [0.2, 0.25) is 11.8 Å². The lowest BCUT2D eigenvalue weighted by atomic mass is 9.79. The highest BCUT2D eigenvalue weighted by atomic mass is 19.1. The van der Waals surface area contributed by atoms with Crippen molar-refractivity contribution in [1.82, 2.24) is 19.8 Å². The highest BCUT2D eigenvalue weighted by molar-refractivity contribution is 5.29. The average molecular weight is 337 g/mol. The smallest absolute Gasteiger partial charge is 0.255 e. The van der Waals surface area contributed by atoms with Crippen LogP contribution in [0, 0.1) is 5.82 Å². The van der Waals surface area contributed by atoms with Crippen molar-refractivity contribution in [3.63, 3.8) is 0 Å². The fourth-order valence-corrected chi connectivity index (χ4v) is 3.92. The second-order valence-corrected chi connectivity index (χ2v) is 6.98. The summed E-state index contributed by atoms with van der Waals surface area (Å²) in [5.41, 5.74) is 0.157. The van der Waals surface area contributed by atoms with Gasteiger partial charge in [-0.15, -0.1) is 0 Å². The Labute approximate surface area is 143 Å². The lowest BCUT2D eigenvalue weighted by molar-refractivity contribution is 0.0220. The van der Waals surface area contributed by atoms with E-state index in [9.17, 15) is 4.39 Å². The van der Waals surface area contributed by atoms with Gasteiger partial charge in [0.15, 0.2) is 0 Å². The maximum atomic E-state index is 13.5. The number of hydrogen-bond donors (Lipinski definition) is 1. The van der Waals surface area contributed by atoms with E-state index in [4.69, 9.17) is 4.74 Å². The zero-order valence-corrected chi connectivity index (χ0v) is 14.7. The molecule has 1 aromatic rings. The summed E-state index contributed by atoms with van der Waals surface area (Å²) in [5, 5.41) is 3.34. The van der Waals surface area contributed by atoms with Gasteiger partial charge in [-0.3, -0.25) is 4.90 Å². The van der Waals surface area contributed by atoms with Gasteiger partial charge < -0.3 is 15.0 Å². The number of nitrogens with one attached hydrogen (secondary N) is 1. The van der Waals surface area contributed by atoms with Crippen molar-refractivity contribution in [2.45, 2.75) is 37.6 Å². The molecule has 1 saturated heterocycles. The van der Waals surface area contributed by atoms with Crippen LogP contribution in [-0.2, 0) is 0 Å². The molecule has 1 aromatic heterocycles. The number of ether oxygens (including phenoxy) is 1. The summed E-state index contributed by atoms with van der Waals surface area (Å²) in [7, 11) is 3.60. The van der Waals surface area contributed by atoms with Gasteiger partial charge in [-0.1, -0.05) is 19.3 Å². The summed E-state index contributed by atoms with van der Waals surface area (Å²) in [5.74, 6) is -0.105. The molecule has 2 heterocycles. The minimum Gasteiger partial charge on any atom is -0.479 e. The number of nitrogens with zero attached hydrogens (tertiary/aromatic N) is 4. The number of anilines is 1. The molecule has 6 nitrogen and oxygen atoms in total. The molecule has 24 heavy (non-hydrogen) atoms. The number of methoxy groups -OCH3 is 1. The Morgan fingerprint density at radius 1 is 1.21 bits per heavy atom. The molecule has 1 saturated carbocycles. The first-order valence-corrected chi connectivity index (χ1v) is 8.87. The summed E-state index contributed by atoms with van der Waals surface area (Å²) in [6, 6.07) is 0. The van der Waals surface area contributed by atoms with Gasteiger partial charge in [-0.25, -0.2) is 4.98 Å². The monoisotopic (exact) mass is 337 g/mol. The molecule has 0 spiro atoms. The highest BCUT2D eigenvalue weighted by Crippen LogP contribution is 2.34. The predicted molar refractivity (Wildman–Crippen MR) is 91.9 cm³/mol. The number of piperazine rings is 1. The van der Waals surface area contributed by atoms with Gasteiger partial charge >= 0.3 is 0 Å². The third-order valence-electron chi connectivity index (χ3n) is 5.44. The summed E-state index contributed by atoms with van der Waals surface area (Å²) >= 11 is 0. The molecular formula is C17H28FN5O. The number of hydrogen-bond acceptors (Lipinski definition) is 6. The molecule has 134 valence electrons. The topological polar surface area (TPSA) is 53.5 Å². The van der Waals surface area contributed by atoms with Crippen molar-refractivity contribution >= 4 is 5.95 Å². The lowest BCUT2D eigenvalue weighted by Crippen LogP contribution is -2.60. The molecule has 0 unspecified atom stereocenters. The van der Waals surface area contributed by atoms with E-state index in [1.165, 1.54) is 39.2 Å². The van der Waals surface area contributed by atoms with E-state index in [0.29, 0.717) is 5.95 Å². The molecule has 1 aliphatic carbocycles. The Kier molecular flexibility index (Phi) is 5.50. The van der Waals surface area contributed by atoms with Crippen LogP contribution in [0.3, 0.4) is 0 Å². The largest absolute Gasteiger partial charge is 0.479 e. The van der Waals surface area contributed by atoms with Crippen LogP contribution in [0.2, 0.25) is 0 Å². The summed E-state index contributed by atoms with van der Waals surface area (Å²) in [6.07, 6.45) is 7.40. The van der Waals surface area contributed by atoms with Crippen molar-refractivity contribution in [1.29, 1.82) is 0 Å². The Morgan fingerprint density at radius 2 is 1.92 bits per heavy atom. The van der Waals surface area contributed by atoms with Gasteiger partial charge in [0.25, 0.3) is 5.88 Å². The Hall–Kier alpha value is -1.47. The van der Waals surface area contributed by atoms with E-state index < -0.39 is 5.82 Å². The van der Waals surface area contributed by atoms with Gasteiger partial charge in [0.05, 0.1) is 13.3 Å². The normalized spacial score (nSPS) is 22.3. The fourth-order valence-electron chi connectivity index (χ4n) is 3.92. The molecule has 0 aromatic carbocycles. The molecule has 3 rings (SSSR count). The molecule has 1 N–H and O–H groups in total. The highest BCUT2D eigenvalue weighted by Gasteiger charge is 2.39. The molecule has 0 bridgehead atoms. The van der Waals surface area contributed by atoms with E-state index in [1.807, 2.05) is 0 Å². The minimum absolute atomic E-state index is 0.00945. The number of halogens is 1. The SMILES string of the molecule is COc1nc(NCC2(N3CCN(C)CC3)CCCCC2)ncc1F. The van der Waals surface area contributed by atoms with Crippen molar-refractivity contribution in [2.75, 3.05) is 52.2 Å². The second kappa shape index (κ2) is 7.61. The third kappa shape index (κ3) is 3.78. The van der Waals surface area contributed by atoms with Crippen LogP contribution in [0.4, 0.5) is 10.3 Å². The van der Waals surface area contributed by atoms with Crippen LogP contribution in [0.5, 0.6) is 5.88 Å². The van der Waals surface area contributed by atoms with Crippen molar-refractivity contribution < 1.29 is 9.13 Å². The van der Waals surface area contributed by atoms with E-state index in [0.717, 1.165) is 38.9 Å². The van der Waals surface area contributed by atoms with Crippen molar-refractivity contribution in [3.8, 4) is 5.88 Å². The zero-order valence-electron chi connectivity index (χ0n) is 14.7. The van der Waals surface area contributed by atoms with Gasteiger partial charge in [-0.2, -0.15) is 9.37 Å². The maximum Gasteiger partial charge on any atom is 0.255 e. The number of rotatable bonds is 5. The molecule has 1 aliphatic heterocycles. The second-order valence-electron chi connectivity index (χ2n) is 6.98. The van der Waals surface area contributed by atoms with Crippen LogP contribution in [0.1, 0.15) is 32.1 Å². The lowest BCUT2D eigenvalue weighted by Gasteiger charge is -2.49. The first-order chi connectivity index (χ1) is 11.6. The van der Waals surface area contributed by atoms with Crippen molar-refractivity contribution in [3.05, 3.63) is 12.0 Å². The predicted octanol–water partition coefficient (Wildman–Crippen LogP) is 1.99. The average Bonchev–Trinajstić information content (AvgIpc) is 2.62. The number of aromatic nitrogens is 2. The van der Waals surface area contributed by atoms with E-state index >= 15 is 0 Å². The van der Waals surface area contributed by atoms with E-state index in [-0.39, 0.29) is 11.4 Å². The van der Waals surface area contributed by atoms with Crippen LogP contribution < -0.4 is 10.1 Å². The minimum atomic E-state index is -0.533. The maximum absolute atomic E-state index is 13.5. The summed E-state index contributed by atoms with van der Waals surface area (Å²) in [6.45, 7) is 5.23. The van der Waals surface area contributed by atoms with Crippen molar-refractivity contribution in [2.24, 2.45) is 0 Å². The summed E-state index contributed by atoms with van der Waals surface area (Å²) < 4.78 is 18.4. The molecule has 0 radical (unpaired) electrons. The van der Waals surface area contributed by atoms with Gasteiger partial charge in [-0.05, 0) is 19.9 Å². The molecular weight excluding hydrogens is 309 g/mol. The van der Waals surface area contributed by atoms with Crippen LogP contribution in [-0.4, -0.2) is 72.2 Å². The van der Waals surface area contributed by atoms with Gasteiger partial charge in [0, 0.05) is 38.3 Å². The molecule has 2 aliphatic rings. The van der Waals surface area contributed by atoms with E-state index in [1.54, 1.807) is 0 Å². The van der Waals surface area contributed by atoms with Gasteiger partial charge in [0.1, 0.15) is 0 Å². The Bertz CT molecular complexity index is 542. The van der Waals surface area contributed by atoms with Crippen LogP contribution >= 0.6 is 0 Å². The molecule has 0 amide bonds. The first kappa shape index (κ1) is 17.4. The Balaban J connectivity index is 1.70. The Morgan fingerprint density at radius 3 is 2.58 bits per heavy atom. The third-order valence-corrected chi connectivity index (χ3v) is 5.44. The standard InChI is InChI=1S/C17H28FN5O/c1-22-8-10-23(11-9-22)17(6-4-3-5-7-17)13-20-16-19-12-14(18)15(21-16)24-2/h12H,3-11,13H2,1-2H3,(H,19,20,21). The van der Waals surface area contributed by atoms with Crippen LogP contribution in [0.15, 0.2) is 6.20 Å². The molecule has 7 heteroatoms. The fraction of sp³-hybridized carbons (Fsp3) is 0.765. The first-order valence-electron chi connectivity index (χ1n) is 8.87. The summed E-state index contributed by atoms with van der Waals surface area (Å²) in [4.78, 5) is 13.2.